The number of piperidine rings is 1. The average Bonchev–Trinajstić information content (AvgIpc) is 2.13. The molecular weight excluding hydrogens is 160 g/mol. The first-order valence-corrected chi connectivity index (χ1v) is 5.18. The van der Waals surface area contributed by atoms with Crippen LogP contribution >= 0.6 is 0 Å². The molecular formula is C11H20N2. The summed E-state index contributed by atoms with van der Waals surface area (Å²) in [6.45, 7) is 3.52. The molecule has 0 saturated carbocycles. The Hall–Kier alpha value is -0.520. The van der Waals surface area contributed by atoms with Gasteiger partial charge in [-0.1, -0.05) is 0 Å². The third-order valence-electron chi connectivity index (χ3n) is 2.56. The Morgan fingerprint density at radius 2 is 2.46 bits per heavy atom. The van der Waals surface area contributed by atoms with Gasteiger partial charge in [-0.2, -0.15) is 0 Å². The zero-order valence-corrected chi connectivity index (χ0v) is 8.55. The Balaban J connectivity index is 2.04. The maximum absolute atomic E-state index is 5.18. The smallest absolute Gasteiger partial charge is 0.0195 e. The first-order valence-electron chi connectivity index (χ1n) is 5.18. The van der Waals surface area contributed by atoms with Crippen LogP contribution in [0.2, 0.25) is 0 Å². The molecule has 1 saturated heterocycles. The molecule has 0 bridgehead atoms. The Bertz CT molecular complexity index is 171. The second kappa shape index (κ2) is 6.01. The van der Waals surface area contributed by atoms with Gasteiger partial charge in [0.15, 0.2) is 0 Å². The van der Waals surface area contributed by atoms with E-state index in [0.717, 1.165) is 19.4 Å². The van der Waals surface area contributed by atoms with E-state index in [-0.39, 0.29) is 0 Å². The van der Waals surface area contributed by atoms with Crippen molar-refractivity contribution in [1.29, 1.82) is 0 Å². The van der Waals surface area contributed by atoms with Crippen LogP contribution in [0.25, 0.3) is 0 Å². The molecule has 74 valence electrons. The van der Waals surface area contributed by atoms with Gasteiger partial charge in [0, 0.05) is 19.0 Å². The first-order chi connectivity index (χ1) is 6.33. The van der Waals surface area contributed by atoms with E-state index in [1.807, 2.05) is 0 Å². The summed E-state index contributed by atoms with van der Waals surface area (Å²) in [6, 6.07) is 0.691. The second-order valence-corrected chi connectivity index (χ2v) is 3.86. The van der Waals surface area contributed by atoms with E-state index in [0.29, 0.717) is 6.04 Å². The van der Waals surface area contributed by atoms with Gasteiger partial charge in [0.1, 0.15) is 0 Å². The van der Waals surface area contributed by atoms with Gasteiger partial charge in [0.05, 0.1) is 0 Å². The van der Waals surface area contributed by atoms with E-state index >= 15 is 0 Å². The van der Waals surface area contributed by atoms with Crippen molar-refractivity contribution >= 4 is 0 Å². The zero-order chi connectivity index (χ0) is 9.52. The lowest BCUT2D eigenvalue weighted by atomic mass is 10.1. The molecule has 0 aromatic carbocycles. The van der Waals surface area contributed by atoms with Crippen LogP contribution in [0, 0.1) is 12.3 Å². The summed E-state index contributed by atoms with van der Waals surface area (Å²) in [4.78, 5) is 2.39. The predicted molar refractivity (Wildman–Crippen MR) is 56.6 cm³/mol. The van der Waals surface area contributed by atoms with E-state index in [1.165, 1.54) is 25.9 Å². The molecule has 1 atom stereocenters. The van der Waals surface area contributed by atoms with E-state index in [9.17, 15) is 0 Å². The van der Waals surface area contributed by atoms with Crippen LogP contribution in [-0.2, 0) is 0 Å². The van der Waals surface area contributed by atoms with Gasteiger partial charge >= 0.3 is 0 Å². The molecule has 1 heterocycles. The number of likely N-dealkylation sites (tertiary alicyclic amines) is 1. The van der Waals surface area contributed by atoms with Gasteiger partial charge in [-0.05, 0) is 39.4 Å². The van der Waals surface area contributed by atoms with E-state index in [2.05, 4.69) is 23.2 Å². The predicted octanol–water partition coefficient (Wildman–Crippen LogP) is 1.08. The molecule has 1 aliphatic rings. The summed E-state index contributed by atoms with van der Waals surface area (Å²) in [7, 11) is 2.19. The van der Waals surface area contributed by atoms with Crippen LogP contribution in [0.4, 0.5) is 0 Å². The molecule has 1 N–H and O–H groups in total. The Labute approximate surface area is 81.7 Å². The number of likely N-dealkylation sites (N-methyl/N-ethyl adjacent to an activating group) is 1. The van der Waals surface area contributed by atoms with Gasteiger partial charge in [0.25, 0.3) is 0 Å². The molecule has 2 heteroatoms. The van der Waals surface area contributed by atoms with Gasteiger partial charge in [-0.15, -0.1) is 12.3 Å². The molecule has 1 unspecified atom stereocenters. The fourth-order valence-corrected chi connectivity index (χ4v) is 1.83. The maximum atomic E-state index is 5.18. The van der Waals surface area contributed by atoms with Crippen LogP contribution in [0.3, 0.4) is 0 Å². The first kappa shape index (κ1) is 10.6. The maximum Gasteiger partial charge on any atom is 0.0195 e. The van der Waals surface area contributed by atoms with Crippen LogP contribution in [0.15, 0.2) is 0 Å². The topological polar surface area (TPSA) is 15.3 Å². The van der Waals surface area contributed by atoms with Crippen molar-refractivity contribution in [1.82, 2.24) is 10.2 Å². The average molecular weight is 180 g/mol. The number of nitrogens with zero attached hydrogens (tertiary/aromatic N) is 1. The normalized spacial score (nSPS) is 24.2. The lowest BCUT2D eigenvalue weighted by Crippen LogP contribution is -2.44. The summed E-state index contributed by atoms with van der Waals surface area (Å²) in [5, 5.41) is 3.55. The number of rotatable bonds is 4. The van der Waals surface area contributed by atoms with Gasteiger partial charge in [-0.25, -0.2) is 0 Å². The highest BCUT2D eigenvalue weighted by Crippen LogP contribution is 2.07. The van der Waals surface area contributed by atoms with Crippen molar-refractivity contribution < 1.29 is 0 Å². The van der Waals surface area contributed by atoms with Crippen molar-refractivity contribution in [3.63, 3.8) is 0 Å². The highest BCUT2D eigenvalue weighted by molar-refractivity contribution is 4.84. The quantitative estimate of drug-likeness (QED) is 0.514. The van der Waals surface area contributed by atoms with E-state index < -0.39 is 0 Å². The lowest BCUT2D eigenvalue weighted by Gasteiger charge is -2.30. The third-order valence-corrected chi connectivity index (χ3v) is 2.56. The van der Waals surface area contributed by atoms with Gasteiger partial charge in [-0.3, -0.25) is 0 Å². The van der Waals surface area contributed by atoms with Crippen molar-refractivity contribution in [2.45, 2.75) is 31.7 Å². The minimum atomic E-state index is 0.691. The van der Waals surface area contributed by atoms with Crippen LogP contribution in [0.5, 0.6) is 0 Å². The highest BCUT2D eigenvalue weighted by atomic mass is 15.1. The van der Waals surface area contributed by atoms with Crippen LogP contribution in [0.1, 0.15) is 25.7 Å². The summed E-state index contributed by atoms with van der Waals surface area (Å²) < 4.78 is 0. The molecule has 1 fully saturated rings. The van der Waals surface area contributed by atoms with Gasteiger partial charge in [0.2, 0.25) is 0 Å². The van der Waals surface area contributed by atoms with Gasteiger partial charge < -0.3 is 10.2 Å². The Morgan fingerprint density at radius 3 is 3.15 bits per heavy atom. The van der Waals surface area contributed by atoms with Crippen LogP contribution < -0.4 is 5.32 Å². The standard InChI is InChI=1S/C11H20N2/c1-3-4-5-8-12-11-7-6-9-13(2)10-11/h1,11-12H,4-10H2,2H3. The van der Waals surface area contributed by atoms with Crippen molar-refractivity contribution in [2.24, 2.45) is 0 Å². The number of hydrogen-bond acceptors (Lipinski definition) is 2. The molecule has 0 aromatic rings. The molecule has 0 aromatic heterocycles. The fourth-order valence-electron chi connectivity index (χ4n) is 1.83. The minimum absolute atomic E-state index is 0.691. The second-order valence-electron chi connectivity index (χ2n) is 3.86. The monoisotopic (exact) mass is 180 g/mol. The summed E-state index contributed by atoms with van der Waals surface area (Å²) >= 11 is 0. The third kappa shape index (κ3) is 4.31. The Morgan fingerprint density at radius 1 is 1.62 bits per heavy atom. The van der Waals surface area contributed by atoms with Crippen molar-refractivity contribution in [2.75, 3.05) is 26.7 Å². The molecule has 2 nitrogen and oxygen atoms in total. The zero-order valence-electron chi connectivity index (χ0n) is 8.55. The summed E-state index contributed by atoms with van der Waals surface area (Å²) in [5.41, 5.74) is 0. The molecule has 0 spiro atoms. The molecule has 0 radical (unpaired) electrons. The molecule has 13 heavy (non-hydrogen) atoms. The number of hydrogen-bond donors (Lipinski definition) is 1. The SMILES string of the molecule is C#CCCCNC1CCCN(C)C1. The fraction of sp³-hybridized carbons (Fsp3) is 0.818. The number of unbranched alkanes of at least 4 members (excludes halogenated alkanes) is 1. The molecule has 1 aliphatic heterocycles. The largest absolute Gasteiger partial charge is 0.313 e. The summed E-state index contributed by atoms with van der Waals surface area (Å²) in [5.74, 6) is 2.66. The highest BCUT2D eigenvalue weighted by Gasteiger charge is 2.15. The number of nitrogens with one attached hydrogen (secondary N) is 1. The Kier molecular flexibility index (Phi) is 4.88. The molecule has 1 rings (SSSR count). The molecule has 0 amide bonds. The molecule has 0 aliphatic carbocycles. The lowest BCUT2D eigenvalue weighted by molar-refractivity contribution is 0.227. The van der Waals surface area contributed by atoms with Crippen molar-refractivity contribution in [3.8, 4) is 12.3 Å². The summed E-state index contributed by atoms with van der Waals surface area (Å²) in [6.07, 6.45) is 9.83. The van der Waals surface area contributed by atoms with Crippen molar-refractivity contribution in [3.05, 3.63) is 0 Å². The minimum Gasteiger partial charge on any atom is -0.313 e. The number of terminal acetylenes is 1. The van der Waals surface area contributed by atoms with E-state index in [4.69, 9.17) is 6.42 Å². The van der Waals surface area contributed by atoms with Crippen LogP contribution in [-0.4, -0.2) is 37.6 Å². The van der Waals surface area contributed by atoms with E-state index in [1.54, 1.807) is 0 Å².